The highest BCUT2D eigenvalue weighted by Gasteiger charge is 2.17. The molecule has 0 saturated carbocycles. The minimum atomic E-state index is -0.276. The average molecular weight is 453 g/mol. The van der Waals surface area contributed by atoms with Gasteiger partial charge in [-0.25, -0.2) is 0 Å². The third kappa shape index (κ3) is 3.42. The summed E-state index contributed by atoms with van der Waals surface area (Å²) in [7, 11) is 1.62. The number of hydrogen-bond donors (Lipinski definition) is 1. The second kappa shape index (κ2) is 6.43. The number of nitrogens with two attached hydrogens (primary N) is 1. The van der Waals surface area contributed by atoms with Crippen LogP contribution in [0.15, 0.2) is 40.9 Å². The number of benzene rings is 2. The Morgan fingerprint density at radius 1 is 1.26 bits per heavy atom. The van der Waals surface area contributed by atoms with E-state index in [4.69, 9.17) is 22.1 Å². The molecule has 2 N–H and O–H groups in total. The Morgan fingerprint density at radius 2 is 1.89 bits per heavy atom. The normalized spacial score (nSPS) is 12.3. The minimum Gasteiger partial charge on any atom is -0.495 e. The van der Waals surface area contributed by atoms with Gasteiger partial charge in [0.05, 0.1) is 17.6 Å². The van der Waals surface area contributed by atoms with Crippen molar-refractivity contribution in [3.05, 3.63) is 60.6 Å². The molecule has 0 heterocycles. The molecule has 100 valence electrons. The summed E-state index contributed by atoms with van der Waals surface area (Å²) in [4.78, 5) is 0. The van der Waals surface area contributed by atoms with Crippen molar-refractivity contribution in [2.24, 2.45) is 5.73 Å². The van der Waals surface area contributed by atoms with Gasteiger partial charge in [0.15, 0.2) is 0 Å². The summed E-state index contributed by atoms with van der Waals surface area (Å²) in [5.74, 6) is 0.718. The zero-order chi connectivity index (χ0) is 14.0. The van der Waals surface area contributed by atoms with E-state index in [1.807, 2.05) is 30.3 Å². The van der Waals surface area contributed by atoms with Gasteiger partial charge in [-0.15, -0.1) is 0 Å². The Morgan fingerprint density at radius 3 is 2.47 bits per heavy atom. The lowest BCUT2D eigenvalue weighted by Gasteiger charge is -2.18. The fourth-order valence-electron chi connectivity index (χ4n) is 1.88. The van der Waals surface area contributed by atoms with Crippen molar-refractivity contribution in [3.8, 4) is 5.75 Å². The summed E-state index contributed by atoms with van der Waals surface area (Å²) < 4.78 is 7.39. The quantitative estimate of drug-likeness (QED) is 0.682. The minimum absolute atomic E-state index is 0.276. The molecule has 0 aliphatic rings. The molecule has 5 heteroatoms. The summed E-state index contributed by atoms with van der Waals surface area (Å²) in [6, 6.07) is 11.4. The summed E-state index contributed by atoms with van der Waals surface area (Å²) in [5.41, 5.74) is 8.20. The lowest BCUT2D eigenvalue weighted by molar-refractivity contribution is 0.405. The molecular weight excluding hydrogens is 440 g/mol. The van der Waals surface area contributed by atoms with E-state index in [1.54, 1.807) is 13.2 Å². The van der Waals surface area contributed by atoms with Crippen LogP contribution in [0.1, 0.15) is 17.2 Å². The van der Waals surface area contributed by atoms with Gasteiger partial charge in [0.2, 0.25) is 0 Å². The van der Waals surface area contributed by atoms with E-state index in [9.17, 15) is 0 Å². The summed E-state index contributed by atoms with van der Waals surface area (Å²) >= 11 is 11.8. The van der Waals surface area contributed by atoms with Crippen molar-refractivity contribution in [1.82, 2.24) is 0 Å². The molecule has 19 heavy (non-hydrogen) atoms. The van der Waals surface area contributed by atoms with Crippen LogP contribution in [-0.2, 0) is 0 Å². The summed E-state index contributed by atoms with van der Waals surface area (Å²) in [5, 5.41) is 0.628. The number of halogens is 3. The van der Waals surface area contributed by atoms with Gasteiger partial charge in [0, 0.05) is 14.2 Å². The Hall–Kier alpha value is -0.300. The first kappa shape index (κ1) is 15.1. The highest BCUT2D eigenvalue weighted by Crippen LogP contribution is 2.37. The van der Waals surface area contributed by atoms with Gasteiger partial charge in [-0.2, -0.15) is 0 Å². The van der Waals surface area contributed by atoms with Crippen molar-refractivity contribution >= 4 is 50.1 Å². The molecule has 2 rings (SSSR count). The van der Waals surface area contributed by atoms with Crippen molar-refractivity contribution in [2.45, 2.75) is 6.04 Å². The molecule has 0 spiro atoms. The molecule has 0 fully saturated rings. The maximum Gasteiger partial charge on any atom is 0.138 e. The number of ether oxygens (including phenoxy) is 1. The van der Waals surface area contributed by atoms with Crippen LogP contribution in [0.2, 0.25) is 5.02 Å². The Labute approximate surface area is 139 Å². The standard InChI is InChI=1S/C14H12BrClINO/c1-19-14-11(6-9(16)7-12(14)15)13(18)8-2-4-10(17)5-3-8/h2-7,13H,18H2,1H3. The second-order valence-corrected chi connectivity index (χ2v) is 6.58. The fraction of sp³-hybridized carbons (Fsp3) is 0.143. The smallest absolute Gasteiger partial charge is 0.138 e. The van der Waals surface area contributed by atoms with Crippen LogP contribution in [0, 0.1) is 3.57 Å². The Balaban J connectivity index is 2.48. The highest BCUT2D eigenvalue weighted by molar-refractivity contribution is 14.1. The molecule has 0 saturated heterocycles. The van der Waals surface area contributed by atoms with Crippen LogP contribution in [0.25, 0.3) is 0 Å². The monoisotopic (exact) mass is 451 g/mol. The first-order valence-corrected chi connectivity index (χ1v) is 7.82. The van der Waals surface area contributed by atoms with Gasteiger partial charge in [0.1, 0.15) is 5.75 Å². The van der Waals surface area contributed by atoms with E-state index in [1.165, 1.54) is 3.57 Å². The lowest BCUT2D eigenvalue weighted by atomic mass is 9.99. The number of methoxy groups -OCH3 is 1. The Bertz CT molecular complexity index is 589. The molecular formula is C14H12BrClINO. The summed E-state index contributed by atoms with van der Waals surface area (Å²) in [6.45, 7) is 0. The molecule has 2 nitrogen and oxygen atoms in total. The zero-order valence-electron chi connectivity index (χ0n) is 10.2. The van der Waals surface area contributed by atoms with Crippen molar-refractivity contribution < 1.29 is 4.74 Å². The van der Waals surface area contributed by atoms with Crippen molar-refractivity contribution in [1.29, 1.82) is 0 Å². The van der Waals surface area contributed by atoms with Gasteiger partial charge in [0.25, 0.3) is 0 Å². The number of hydrogen-bond acceptors (Lipinski definition) is 2. The van der Waals surface area contributed by atoms with E-state index in [-0.39, 0.29) is 6.04 Å². The predicted octanol–water partition coefficient (Wildman–Crippen LogP) is 4.76. The van der Waals surface area contributed by atoms with Gasteiger partial charge in [-0.05, 0) is 68.3 Å². The molecule has 0 bridgehead atoms. The second-order valence-electron chi connectivity index (χ2n) is 4.04. The molecule has 1 atom stereocenters. The van der Waals surface area contributed by atoms with Crippen LogP contribution in [-0.4, -0.2) is 7.11 Å². The van der Waals surface area contributed by atoms with Crippen LogP contribution in [0.4, 0.5) is 0 Å². The van der Waals surface area contributed by atoms with E-state index in [2.05, 4.69) is 38.5 Å². The molecule has 0 amide bonds. The zero-order valence-corrected chi connectivity index (χ0v) is 14.7. The fourth-order valence-corrected chi connectivity index (χ4v) is 3.23. The van der Waals surface area contributed by atoms with E-state index >= 15 is 0 Å². The van der Waals surface area contributed by atoms with Crippen LogP contribution < -0.4 is 10.5 Å². The van der Waals surface area contributed by atoms with Gasteiger partial charge in [-0.3, -0.25) is 0 Å². The van der Waals surface area contributed by atoms with Gasteiger partial charge in [-0.1, -0.05) is 23.7 Å². The SMILES string of the molecule is COc1c(Br)cc(Cl)cc1C(N)c1ccc(I)cc1. The molecule has 0 aliphatic carbocycles. The third-order valence-corrected chi connectivity index (χ3v) is 4.33. The number of rotatable bonds is 3. The summed E-state index contributed by atoms with van der Waals surface area (Å²) in [6.07, 6.45) is 0. The maximum absolute atomic E-state index is 6.32. The first-order valence-electron chi connectivity index (χ1n) is 5.57. The van der Waals surface area contributed by atoms with E-state index in [0.717, 1.165) is 21.3 Å². The molecule has 0 radical (unpaired) electrons. The highest BCUT2D eigenvalue weighted by atomic mass is 127. The lowest BCUT2D eigenvalue weighted by Crippen LogP contribution is -2.13. The first-order chi connectivity index (χ1) is 9.02. The molecule has 0 aliphatic heterocycles. The third-order valence-electron chi connectivity index (χ3n) is 2.81. The molecule has 2 aromatic carbocycles. The van der Waals surface area contributed by atoms with Crippen molar-refractivity contribution in [2.75, 3.05) is 7.11 Å². The molecule has 1 unspecified atom stereocenters. The maximum atomic E-state index is 6.32. The van der Waals surface area contributed by atoms with Crippen LogP contribution >= 0.6 is 50.1 Å². The van der Waals surface area contributed by atoms with E-state index in [0.29, 0.717) is 5.02 Å². The van der Waals surface area contributed by atoms with Crippen LogP contribution in [0.5, 0.6) is 5.75 Å². The van der Waals surface area contributed by atoms with Crippen LogP contribution in [0.3, 0.4) is 0 Å². The predicted molar refractivity (Wildman–Crippen MR) is 90.9 cm³/mol. The van der Waals surface area contributed by atoms with Gasteiger partial charge < -0.3 is 10.5 Å². The van der Waals surface area contributed by atoms with E-state index < -0.39 is 0 Å². The molecule has 2 aromatic rings. The van der Waals surface area contributed by atoms with Crippen molar-refractivity contribution in [3.63, 3.8) is 0 Å². The largest absolute Gasteiger partial charge is 0.495 e. The molecule has 0 aromatic heterocycles. The van der Waals surface area contributed by atoms with Gasteiger partial charge >= 0.3 is 0 Å². The Kier molecular flexibility index (Phi) is 5.11. The topological polar surface area (TPSA) is 35.2 Å². The average Bonchev–Trinajstić information content (AvgIpc) is 2.38.